The first-order valence-corrected chi connectivity index (χ1v) is 11.9. The highest BCUT2D eigenvalue weighted by atomic mass is 15.0. The van der Waals surface area contributed by atoms with E-state index >= 15 is 0 Å². The Labute approximate surface area is 171 Å². The molecule has 3 aliphatic rings. The average Bonchev–Trinajstić information content (AvgIpc) is 3.06. The molecule has 0 N–H and O–H groups in total. The van der Waals surface area contributed by atoms with Crippen LogP contribution in [-0.2, 0) is 16.2 Å². The first-order chi connectivity index (χ1) is 13.7. The van der Waals surface area contributed by atoms with Gasteiger partial charge in [-0.15, -0.1) is 0 Å². The quantitative estimate of drug-likeness (QED) is 0.446. The topological polar surface area (TPSA) is 0 Å². The van der Waals surface area contributed by atoms with Gasteiger partial charge in [0.05, 0.1) is 0 Å². The number of benzene rings is 2. The molecule has 148 valence electrons. The van der Waals surface area contributed by atoms with Crippen LogP contribution in [0.25, 0.3) is 0 Å². The van der Waals surface area contributed by atoms with E-state index < -0.39 is 0 Å². The van der Waals surface area contributed by atoms with Crippen LogP contribution in [0.5, 0.6) is 0 Å². The lowest BCUT2D eigenvalue weighted by Crippen LogP contribution is -2.37. The first-order valence-electron chi connectivity index (χ1n) is 11.9. The van der Waals surface area contributed by atoms with Gasteiger partial charge in [-0.1, -0.05) is 102 Å². The van der Waals surface area contributed by atoms with Crippen molar-refractivity contribution in [3.63, 3.8) is 0 Å². The minimum Gasteiger partial charge on any atom is -0.0654 e. The summed E-state index contributed by atoms with van der Waals surface area (Å²) in [6, 6.07) is 19.3. The number of hydrogen-bond acceptors (Lipinski definition) is 0. The molecule has 0 radical (unpaired) electrons. The summed E-state index contributed by atoms with van der Waals surface area (Å²) in [6.07, 6.45) is 10.5. The third-order valence-corrected chi connectivity index (χ3v) is 9.04. The van der Waals surface area contributed by atoms with Crippen LogP contribution in [0.15, 0.2) is 48.5 Å². The maximum Gasteiger partial charge on any atom is 0.0282 e. The Morgan fingerprint density at radius 2 is 0.893 bits per heavy atom. The van der Waals surface area contributed by atoms with E-state index in [-0.39, 0.29) is 5.41 Å². The lowest BCUT2D eigenvalue weighted by atomic mass is 9.63. The van der Waals surface area contributed by atoms with Gasteiger partial charge in [0.2, 0.25) is 0 Å². The summed E-state index contributed by atoms with van der Waals surface area (Å²) in [5.41, 5.74) is 8.19. The van der Waals surface area contributed by atoms with E-state index in [1.54, 1.807) is 22.3 Å². The van der Waals surface area contributed by atoms with Crippen molar-refractivity contribution in [2.75, 3.05) is 0 Å². The van der Waals surface area contributed by atoms with Gasteiger partial charge in [0, 0.05) is 21.7 Å². The van der Waals surface area contributed by atoms with Crippen molar-refractivity contribution in [2.24, 2.45) is 5.41 Å². The van der Waals surface area contributed by atoms with Crippen molar-refractivity contribution in [1.82, 2.24) is 0 Å². The molecule has 0 aromatic heterocycles. The van der Waals surface area contributed by atoms with Crippen LogP contribution in [0, 0.1) is 5.41 Å². The minimum absolute atomic E-state index is 0.231. The van der Waals surface area contributed by atoms with Crippen LogP contribution >= 0.6 is 0 Å². The molecule has 1 fully saturated rings. The first kappa shape index (κ1) is 18.5. The van der Waals surface area contributed by atoms with Crippen molar-refractivity contribution in [3.05, 3.63) is 70.8 Å². The fraction of sp³-hybridized carbons (Fsp3) is 0.571. The molecule has 2 aromatic rings. The summed E-state index contributed by atoms with van der Waals surface area (Å²) in [5, 5.41) is 0. The van der Waals surface area contributed by atoms with Crippen molar-refractivity contribution in [1.29, 1.82) is 0 Å². The molecule has 2 aromatic carbocycles. The predicted molar refractivity (Wildman–Crippen MR) is 119 cm³/mol. The Morgan fingerprint density at radius 1 is 0.500 bits per heavy atom. The van der Waals surface area contributed by atoms with Crippen molar-refractivity contribution in [3.8, 4) is 0 Å². The second-order valence-corrected chi connectivity index (χ2v) is 9.71. The van der Waals surface area contributed by atoms with E-state index in [2.05, 4.69) is 76.2 Å². The molecule has 2 unspecified atom stereocenters. The van der Waals surface area contributed by atoms with E-state index in [0.717, 1.165) is 0 Å². The summed E-state index contributed by atoms with van der Waals surface area (Å²) >= 11 is 0. The number of hydrogen-bond donors (Lipinski definition) is 0. The van der Waals surface area contributed by atoms with Gasteiger partial charge < -0.3 is 0 Å². The predicted octanol–water partition coefficient (Wildman–Crippen LogP) is 7.68. The second kappa shape index (κ2) is 5.97. The molecule has 2 atom stereocenters. The zero-order chi connectivity index (χ0) is 19.6. The lowest BCUT2D eigenvalue weighted by molar-refractivity contribution is 0.228. The van der Waals surface area contributed by atoms with Crippen LogP contribution < -0.4 is 0 Å². The molecular formula is C28H36. The average molecular weight is 373 g/mol. The molecule has 0 heterocycles. The van der Waals surface area contributed by atoms with Gasteiger partial charge in [-0.05, 0) is 47.9 Å². The van der Waals surface area contributed by atoms with E-state index in [0.29, 0.717) is 16.2 Å². The summed E-state index contributed by atoms with van der Waals surface area (Å²) in [4.78, 5) is 0. The molecule has 0 nitrogen and oxygen atoms in total. The fourth-order valence-corrected chi connectivity index (χ4v) is 9.23. The Bertz CT molecular complexity index is 842. The zero-order valence-electron chi connectivity index (χ0n) is 18.3. The molecule has 5 rings (SSSR count). The van der Waals surface area contributed by atoms with E-state index in [1.165, 1.54) is 51.4 Å². The number of rotatable bonds is 8. The van der Waals surface area contributed by atoms with Crippen LogP contribution in [-0.4, -0.2) is 0 Å². The molecule has 0 spiro atoms. The van der Waals surface area contributed by atoms with Gasteiger partial charge in [-0.25, -0.2) is 0 Å². The summed E-state index contributed by atoms with van der Waals surface area (Å²) in [6.45, 7) is 9.66. The van der Waals surface area contributed by atoms with Gasteiger partial charge in [-0.3, -0.25) is 0 Å². The highest BCUT2D eigenvalue weighted by Crippen LogP contribution is 2.97. The van der Waals surface area contributed by atoms with Crippen LogP contribution in [0.2, 0.25) is 0 Å². The normalized spacial score (nSPS) is 36.1. The van der Waals surface area contributed by atoms with Gasteiger partial charge in [0.25, 0.3) is 0 Å². The molecule has 1 saturated carbocycles. The third kappa shape index (κ3) is 1.51. The van der Waals surface area contributed by atoms with Crippen molar-refractivity contribution >= 4 is 0 Å². The summed E-state index contributed by atoms with van der Waals surface area (Å²) in [7, 11) is 0. The maximum absolute atomic E-state index is 2.52. The molecule has 0 bridgehead atoms. The SMILES string of the molecule is CCCC12c3ccccc3C3(CCC)C(CCC)(c4ccccc41)C23CCC. The van der Waals surface area contributed by atoms with Gasteiger partial charge in [0.1, 0.15) is 0 Å². The standard InChI is InChI=1S/C28H36/c1-5-17-25-21-13-9-11-15-23(21)26(18-6-2)27(19-7-3,28(25,26)20-8-4)24-16-12-10-14-22(24)25/h9-16H,5-8,17-20H2,1-4H3. The summed E-state index contributed by atoms with van der Waals surface area (Å²) < 4.78 is 0. The molecule has 28 heavy (non-hydrogen) atoms. The Kier molecular flexibility index (Phi) is 3.94. The molecule has 0 amide bonds. The van der Waals surface area contributed by atoms with Gasteiger partial charge >= 0.3 is 0 Å². The second-order valence-electron chi connectivity index (χ2n) is 9.71. The highest BCUT2D eigenvalue weighted by Gasteiger charge is 2.96. The Morgan fingerprint density at radius 3 is 1.29 bits per heavy atom. The largest absolute Gasteiger partial charge is 0.0654 e. The van der Waals surface area contributed by atoms with Crippen molar-refractivity contribution in [2.45, 2.75) is 95.3 Å². The monoisotopic (exact) mass is 372 g/mol. The van der Waals surface area contributed by atoms with Gasteiger partial charge in [0.15, 0.2) is 0 Å². The van der Waals surface area contributed by atoms with Crippen molar-refractivity contribution < 1.29 is 0 Å². The van der Waals surface area contributed by atoms with E-state index in [9.17, 15) is 0 Å². The molecule has 0 aliphatic heterocycles. The Hall–Kier alpha value is -1.56. The lowest BCUT2D eigenvalue weighted by Gasteiger charge is -2.39. The third-order valence-electron chi connectivity index (χ3n) is 9.04. The van der Waals surface area contributed by atoms with E-state index in [4.69, 9.17) is 0 Å². The number of fused-ring (bicyclic) bond motifs is 7. The smallest absolute Gasteiger partial charge is 0.0282 e. The van der Waals surface area contributed by atoms with Crippen LogP contribution in [0.3, 0.4) is 0 Å². The van der Waals surface area contributed by atoms with Crippen LogP contribution in [0.4, 0.5) is 0 Å². The minimum atomic E-state index is 0.231. The fourth-order valence-electron chi connectivity index (χ4n) is 9.23. The molecule has 0 heteroatoms. The summed E-state index contributed by atoms with van der Waals surface area (Å²) in [5.74, 6) is 0. The zero-order valence-corrected chi connectivity index (χ0v) is 18.3. The molecule has 0 saturated heterocycles. The molecule has 3 aliphatic carbocycles. The van der Waals surface area contributed by atoms with Crippen LogP contribution in [0.1, 0.15) is 101 Å². The van der Waals surface area contributed by atoms with E-state index in [1.807, 2.05) is 0 Å². The maximum atomic E-state index is 2.52. The Balaban J connectivity index is 1.95. The highest BCUT2D eigenvalue weighted by molar-refractivity contribution is 5.79. The molecular weight excluding hydrogens is 336 g/mol. The van der Waals surface area contributed by atoms with Gasteiger partial charge in [-0.2, -0.15) is 0 Å².